The van der Waals surface area contributed by atoms with Crippen molar-refractivity contribution in [2.24, 2.45) is 0 Å². The quantitative estimate of drug-likeness (QED) is 0.532. The molecule has 0 amide bonds. The normalized spacial score (nSPS) is 10.4. The number of benzene rings is 1. The van der Waals surface area contributed by atoms with Crippen molar-refractivity contribution in [2.45, 2.75) is 0 Å². The van der Waals surface area contributed by atoms with Crippen LogP contribution in [0.4, 0.5) is 5.82 Å². The molecule has 3 N–H and O–H groups in total. The summed E-state index contributed by atoms with van der Waals surface area (Å²) in [6.07, 6.45) is 3.38. The Hall–Kier alpha value is -2.48. The van der Waals surface area contributed by atoms with Crippen LogP contribution in [0.2, 0.25) is 0 Å². The van der Waals surface area contributed by atoms with Crippen LogP contribution in [0.5, 0.6) is 0 Å². The van der Waals surface area contributed by atoms with Crippen molar-refractivity contribution in [1.29, 1.82) is 5.26 Å². The molecule has 2 aromatic rings. The van der Waals surface area contributed by atoms with Crippen LogP contribution >= 0.6 is 0 Å². The lowest BCUT2D eigenvalue weighted by molar-refractivity contribution is 0.991. The van der Waals surface area contributed by atoms with Gasteiger partial charge in [-0.1, -0.05) is 12.1 Å². The fourth-order valence-electron chi connectivity index (χ4n) is 1.36. The predicted molar refractivity (Wildman–Crippen MR) is 62.5 cm³/mol. The molecule has 0 aliphatic rings. The number of nitrogens with zero attached hydrogens (tertiary/aromatic N) is 2. The molecule has 0 saturated heterocycles. The van der Waals surface area contributed by atoms with E-state index in [0.29, 0.717) is 6.54 Å². The van der Waals surface area contributed by atoms with Gasteiger partial charge in [0.05, 0.1) is 11.6 Å². The third-order valence-electron chi connectivity index (χ3n) is 2.07. The second kappa shape index (κ2) is 4.84. The lowest BCUT2D eigenvalue weighted by atomic mass is 10.2. The maximum atomic E-state index is 8.31. The average molecular weight is 213 g/mol. The number of rotatable bonds is 4. The zero-order valence-electron chi connectivity index (χ0n) is 8.57. The van der Waals surface area contributed by atoms with E-state index in [4.69, 9.17) is 5.26 Å². The summed E-state index contributed by atoms with van der Waals surface area (Å²) in [5.41, 5.74) is 0.989. The highest BCUT2D eigenvalue weighted by Crippen LogP contribution is 2.18. The minimum atomic E-state index is 0.291. The second-order valence-corrected chi connectivity index (χ2v) is 3.13. The fraction of sp³-hybridized carbons (Fsp3) is 0.0909. The van der Waals surface area contributed by atoms with Crippen LogP contribution in [0, 0.1) is 11.3 Å². The summed E-state index contributed by atoms with van der Waals surface area (Å²) in [4.78, 5) is 0. The topological polar surface area (TPSA) is 76.5 Å². The predicted octanol–water partition coefficient (Wildman–Crippen LogP) is 1.56. The minimum absolute atomic E-state index is 0.291. The Morgan fingerprint density at radius 3 is 3.12 bits per heavy atom. The standard InChI is InChI=1S/C11H11N5/c12-5-6-13-7-8-14-11-9-3-1-2-4-10(9)15-16-11/h1-4,7-8,13H,6H2,(H2,14,15,16)/b8-7+. The Morgan fingerprint density at radius 2 is 2.25 bits per heavy atom. The first kappa shape index (κ1) is 10.1. The zero-order valence-corrected chi connectivity index (χ0v) is 8.57. The molecule has 0 fully saturated rings. The van der Waals surface area contributed by atoms with E-state index in [9.17, 15) is 0 Å². The minimum Gasteiger partial charge on any atom is -0.377 e. The van der Waals surface area contributed by atoms with E-state index in [0.717, 1.165) is 16.7 Å². The van der Waals surface area contributed by atoms with Crippen molar-refractivity contribution in [3.8, 4) is 6.07 Å². The zero-order chi connectivity index (χ0) is 11.2. The molecule has 0 saturated carbocycles. The monoisotopic (exact) mass is 213 g/mol. The molecule has 0 spiro atoms. The number of anilines is 1. The molecule has 1 aromatic heterocycles. The Kier molecular flexibility index (Phi) is 3.04. The molecule has 0 aliphatic heterocycles. The number of para-hydroxylation sites is 1. The molecule has 16 heavy (non-hydrogen) atoms. The number of aromatic amines is 1. The van der Waals surface area contributed by atoms with Gasteiger partial charge in [-0.05, 0) is 12.1 Å². The van der Waals surface area contributed by atoms with Gasteiger partial charge < -0.3 is 10.6 Å². The summed E-state index contributed by atoms with van der Waals surface area (Å²) < 4.78 is 0. The first-order valence-corrected chi connectivity index (χ1v) is 4.87. The van der Waals surface area contributed by atoms with Crippen LogP contribution < -0.4 is 10.6 Å². The highest BCUT2D eigenvalue weighted by atomic mass is 15.2. The van der Waals surface area contributed by atoms with E-state index >= 15 is 0 Å². The van der Waals surface area contributed by atoms with Crippen molar-refractivity contribution in [1.82, 2.24) is 15.5 Å². The molecule has 0 unspecified atom stereocenters. The first-order valence-electron chi connectivity index (χ1n) is 4.87. The van der Waals surface area contributed by atoms with Crippen molar-refractivity contribution >= 4 is 16.7 Å². The van der Waals surface area contributed by atoms with Gasteiger partial charge in [-0.25, -0.2) is 0 Å². The van der Waals surface area contributed by atoms with Gasteiger partial charge in [0.1, 0.15) is 6.54 Å². The third kappa shape index (κ3) is 2.12. The summed E-state index contributed by atoms with van der Waals surface area (Å²) >= 11 is 0. The van der Waals surface area contributed by atoms with Crippen molar-refractivity contribution in [3.05, 3.63) is 36.7 Å². The van der Waals surface area contributed by atoms with Gasteiger partial charge in [0.2, 0.25) is 0 Å². The van der Waals surface area contributed by atoms with Crippen LogP contribution in [0.3, 0.4) is 0 Å². The molecule has 0 aliphatic carbocycles. The molecule has 1 aromatic carbocycles. The number of H-pyrrole nitrogens is 1. The molecule has 2 rings (SSSR count). The summed E-state index contributed by atoms with van der Waals surface area (Å²) in [7, 11) is 0. The molecule has 1 heterocycles. The van der Waals surface area contributed by atoms with Crippen LogP contribution in [0.25, 0.3) is 10.9 Å². The lowest BCUT2D eigenvalue weighted by Crippen LogP contribution is -2.04. The first-order chi connectivity index (χ1) is 7.92. The van der Waals surface area contributed by atoms with Crippen molar-refractivity contribution < 1.29 is 0 Å². The van der Waals surface area contributed by atoms with Crippen molar-refractivity contribution in [3.63, 3.8) is 0 Å². The van der Waals surface area contributed by atoms with Gasteiger partial charge in [-0.3, -0.25) is 5.10 Å². The van der Waals surface area contributed by atoms with Crippen molar-refractivity contribution in [2.75, 3.05) is 11.9 Å². The number of nitriles is 1. The van der Waals surface area contributed by atoms with E-state index < -0.39 is 0 Å². The van der Waals surface area contributed by atoms with Gasteiger partial charge in [0.25, 0.3) is 0 Å². The maximum Gasteiger partial charge on any atom is 0.159 e. The molecule has 80 valence electrons. The molecule has 5 nitrogen and oxygen atoms in total. The molecular weight excluding hydrogens is 202 g/mol. The Labute approximate surface area is 92.8 Å². The van der Waals surface area contributed by atoms with Gasteiger partial charge in [0.15, 0.2) is 5.82 Å². The van der Waals surface area contributed by atoms with Gasteiger partial charge >= 0.3 is 0 Å². The van der Waals surface area contributed by atoms with Crippen LogP contribution in [0.15, 0.2) is 36.7 Å². The summed E-state index contributed by atoms with van der Waals surface area (Å²) in [5, 5.41) is 22.2. The summed E-state index contributed by atoms with van der Waals surface area (Å²) in [6.45, 7) is 0.291. The van der Waals surface area contributed by atoms with E-state index in [1.807, 2.05) is 30.3 Å². The smallest absolute Gasteiger partial charge is 0.159 e. The van der Waals surface area contributed by atoms with Crippen LogP contribution in [-0.4, -0.2) is 16.7 Å². The largest absolute Gasteiger partial charge is 0.377 e. The molecule has 5 heteroatoms. The van der Waals surface area contributed by atoms with Crippen LogP contribution in [-0.2, 0) is 0 Å². The Bertz CT molecular complexity index is 535. The van der Waals surface area contributed by atoms with E-state index in [1.54, 1.807) is 12.4 Å². The van der Waals surface area contributed by atoms with E-state index in [1.165, 1.54) is 0 Å². The number of fused-ring (bicyclic) bond motifs is 1. The third-order valence-corrected chi connectivity index (χ3v) is 2.07. The number of nitrogens with one attached hydrogen (secondary N) is 3. The number of aromatic nitrogens is 2. The molecule has 0 atom stereocenters. The Morgan fingerprint density at radius 1 is 1.38 bits per heavy atom. The number of hydrogen-bond acceptors (Lipinski definition) is 4. The Balaban J connectivity index is 2.05. The highest BCUT2D eigenvalue weighted by Gasteiger charge is 2.01. The SMILES string of the molecule is N#CCN/C=C/Nc1n[nH]c2ccccc12. The highest BCUT2D eigenvalue weighted by molar-refractivity contribution is 5.89. The van der Waals surface area contributed by atoms with Crippen LogP contribution in [0.1, 0.15) is 0 Å². The summed E-state index contributed by atoms with van der Waals surface area (Å²) in [5.74, 6) is 0.769. The average Bonchev–Trinajstić information content (AvgIpc) is 2.73. The van der Waals surface area contributed by atoms with E-state index in [-0.39, 0.29) is 0 Å². The van der Waals surface area contributed by atoms with E-state index in [2.05, 4.69) is 20.8 Å². The molecular formula is C11H11N5. The van der Waals surface area contributed by atoms with Gasteiger partial charge in [-0.15, -0.1) is 0 Å². The molecule has 0 radical (unpaired) electrons. The summed E-state index contributed by atoms with van der Waals surface area (Å²) in [6, 6.07) is 9.84. The van der Waals surface area contributed by atoms with Gasteiger partial charge in [-0.2, -0.15) is 10.4 Å². The molecule has 0 bridgehead atoms. The fourth-order valence-corrected chi connectivity index (χ4v) is 1.36. The number of hydrogen-bond donors (Lipinski definition) is 3. The second-order valence-electron chi connectivity index (χ2n) is 3.13. The maximum absolute atomic E-state index is 8.31. The van der Waals surface area contributed by atoms with Gasteiger partial charge in [0, 0.05) is 17.8 Å². The lowest BCUT2D eigenvalue weighted by Gasteiger charge is -1.95.